The molecule has 0 spiro atoms. The Morgan fingerprint density at radius 1 is 1.64 bits per heavy atom. The number of carboxylic acids is 1. The summed E-state index contributed by atoms with van der Waals surface area (Å²) in [4.78, 5) is 11.0. The van der Waals surface area contributed by atoms with Gasteiger partial charge in [-0.05, 0) is 19.3 Å². The average molecular weight is 221 g/mol. The Balaban J connectivity index is 2.87. The number of hydrogen-bond donors (Lipinski definition) is 2. The van der Waals surface area contributed by atoms with Crippen LogP contribution >= 0.6 is 0 Å². The SMILES string of the molecule is CS(=O)(=O)[C@H]1CC[C@@](CN)(C(=O)O)C1. The average Bonchev–Trinajstić information content (AvgIpc) is 2.47. The van der Waals surface area contributed by atoms with Crippen LogP contribution in [0.15, 0.2) is 0 Å². The number of sulfone groups is 1. The second-order valence-corrected chi connectivity index (χ2v) is 6.31. The summed E-state index contributed by atoms with van der Waals surface area (Å²) in [6, 6.07) is 0. The van der Waals surface area contributed by atoms with Gasteiger partial charge in [-0.25, -0.2) is 8.42 Å². The Morgan fingerprint density at radius 3 is 2.43 bits per heavy atom. The summed E-state index contributed by atoms with van der Waals surface area (Å²) in [7, 11) is -3.14. The van der Waals surface area contributed by atoms with Crippen molar-refractivity contribution in [1.29, 1.82) is 0 Å². The molecule has 0 aliphatic heterocycles. The molecule has 1 saturated carbocycles. The second-order valence-electron chi connectivity index (χ2n) is 3.98. The monoisotopic (exact) mass is 221 g/mol. The first kappa shape index (κ1) is 11.5. The summed E-state index contributed by atoms with van der Waals surface area (Å²) in [5.74, 6) is -0.980. The molecular weight excluding hydrogens is 206 g/mol. The number of hydrogen-bond acceptors (Lipinski definition) is 4. The fourth-order valence-corrected chi connectivity index (χ4v) is 3.08. The Kier molecular flexibility index (Phi) is 2.87. The van der Waals surface area contributed by atoms with E-state index in [1.165, 1.54) is 0 Å². The summed E-state index contributed by atoms with van der Waals surface area (Å²) in [5, 5.41) is 8.43. The van der Waals surface area contributed by atoms with Crippen LogP contribution in [-0.2, 0) is 14.6 Å². The molecule has 0 saturated heterocycles. The molecule has 3 N–H and O–H groups in total. The zero-order chi connectivity index (χ0) is 11.0. The lowest BCUT2D eigenvalue weighted by Crippen LogP contribution is -2.37. The molecule has 0 aromatic rings. The number of aliphatic carboxylic acids is 1. The minimum absolute atomic E-state index is 0.00829. The first-order valence-electron chi connectivity index (χ1n) is 4.44. The molecule has 0 amide bonds. The van der Waals surface area contributed by atoms with Crippen LogP contribution in [0.5, 0.6) is 0 Å². The lowest BCUT2D eigenvalue weighted by atomic mass is 9.87. The fourth-order valence-electron chi connectivity index (χ4n) is 1.91. The first-order valence-corrected chi connectivity index (χ1v) is 6.39. The van der Waals surface area contributed by atoms with Crippen LogP contribution in [0.3, 0.4) is 0 Å². The van der Waals surface area contributed by atoms with E-state index in [0.717, 1.165) is 6.26 Å². The van der Waals surface area contributed by atoms with Gasteiger partial charge < -0.3 is 10.8 Å². The van der Waals surface area contributed by atoms with E-state index in [1.54, 1.807) is 0 Å². The van der Waals surface area contributed by atoms with Crippen molar-refractivity contribution in [2.75, 3.05) is 12.8 Å². The standard InChI is InChI=1S/C8H15NO4S/c1-14(12,13)6-2-3-8(4-6,5-9)7(10)11/h6H,2-5,9H2,1H3,(H,10,11)/t6-,8+/m0/s1. The third kappa shape index (κ3) is 1.90. The maximum Gasteiger partial charge on any atom is 0.310 e. The predicted molar refractivity (Wildman–Crippen MR) is 51.6 cm³/mol. The molecule has 0 bridgehead atoms. The van der Waals surface area contributed by atoms with E-state index in [2.05, 4.69) is 0 Å². The zero-order valence-corrected chi connectivity index (χ0v) is 8.88. The molecule has 0 unspecified atom stereocenters. The number of carbonyl (C=O) groups is 1. The van der Waals surface area contributed by atoms with E-state index in [4.69, 9.17) is 10.8 Å². The van der Waals surface area contributed by atoms with Crippen LogP contribution in [-0.4, -0.2) is 37.5 Å². The molecule has 1 aliphatic carbocycles. The summed E-state index contributed by atoms with van der Waals surface area (Å²) in [5.41, 5.74) is 4.38. The smallest absolute Gasteiger partial charge is 0.310 e. The van der Waals surface area contributed by atoms with E-state index in [-0.39, 0.29) is 13.0 Å². The fraction of sp³-hybridized carbons (Fsp3) is 0.875. The van der Waals surface area contributed by atoms with E-state index in [1.807, 2.05) is 0 Å². The van der Waals surface area contributed by atoms with E-state index in [9.17, 15) is 13.2 Å². The minimum atomic E-state index is -3.14. The molecule has 0 radical (unpaired) electrons. The van der Waals surface area contributed by atoms with Crippen molar-refractivity contribution in [3.63, 3.8) is 0 Å². The molecule has 2 atom stereocenters. The molecule has 6 heteroatoms. The quantitative estimate of drug-likeness (QED) is 0.676. The van der Waals surface area contributed by atoms with E-state index < -0.39 is 26.5 Å². The molecule has 1 rings (SSSR count). The van der Waals surface area contributed by atoms with Crippen molar-refractivity contribution in [3.05, 3.63) is 0 Å². The second kappa shape index (κ2) is 3.51. The summed E-state index contributed by atoms with van der Waals surface area (Å²) in [6.07, 6.45) is 2.06. The van der Waals surface area contributed by atoms with Gasteiger partial charge >= 0.3 is 5.97 Å². The summed E-state index contributed by atoms with van der Waals surface area (Å²) >= 11 is 0. The van der Waals surface area contributed by atoms with Crippen LogP contribution in [0.25, 0.3) is 0 Å². The van der Waals surface area contributed by atoms with Gasteiger partial charge in [0.05, 0.1) is 10.7 Å². The van der Waals surface area contributed by atoms with Crippen LogP contribution in [0.2, 0.25) is 0 Å². The molecule has 0 aromatic heterocycles. The van der Waals surface area contributed by atoms with Gasteiger partial charge in [0.1, 0.15) is 9.84 Å². The van der Waals surface area contributed by atoms with Gasteiger partial charge in [0.2, 0.25) is 0 Å². The number of carboxylic acid groups (broad SMARTS) is 1. The zero-order valence-electron chi connectivity index (χ0n) is 8.06. The highest BCUT2D eigenvalue weighted by molar-refractivity contribution is 7.91. The molecule has 0 heterocycles. The molecule has 82 valence electrons. The maximum absolute atomic E-state index is 11.2. The lowest BCUT2D eigenvalue weighted by molar-refractivity contribution is -0.147. The van der Waals surface area contributed by atoms with Crippen molar-refractivity contribution < 1.29 is 18.3 Å². The predicted octanol–water partition coefficient (Wildman–Crippen LogP) is -0.387. The summed E-state index contributed by atoms with van der Waals surface area (Å²) < 4.78 is 22.5. The number of nitrogens with two attached hydrogens (primary N) is 1. The van der Waals surface area contributed by atoms with Crippen molar-refractivity contribution in [2.24, 2.45) is 11.1 Å². The molecule has 14 heavy (non-hydrogen) atoms. The van der Waals surface area contributed by atoms with Crippen molar-refractivity contribution >= 4 is 15.8 Å². The van der Waals surface area contributed by atoms with Gasteiger partial charge in [0.15, 0.2) is 0 Å². The Morgan fingerprint density at radius 2 is 2.21 bits per heavy atom. The van der Waals surface area contributed by atoms with Gasteiger partial charge in [-0.15, -0.1) is 0 Å². The first-order chi connectivity index (χ1) is 6.32. The Labute approximate surface area is 83.2 Å². The molecule has 1 aliphatic rings. The Bertz CT molecular complexity index is 337. The Hall–Kier alpha value is -0.620. The van der Waals surface area contributed by atoms with Gasteiger partial charge in [-0.3, -0.25) is 4.79 Å². The van der Waals surface area contributed by atoms with E-state index in [0.29, 0.717) is 12.8 Å². The van der Waals surface area contributed by atoms with E-state index >= 15 is 0 Å². The van der Waals surface area contributed by atoms with Crippen LogP contribution in [0.4, 0.5) is 0 Å². The van der Waals surface area contributed by atoms with Crippen LogP contribution in [0.1, 0.15) is 19.3 Å². The highest BCUT2D eigenvalue weighted by Gasteiger charge is 2.47. The van der Waals surface area contributed by atoms with Crippen LogP contribution in [0, 0.1) is 5.41 Å². The molecule has 1 fully saturated rings. The van der Waals surface area contributed by atoms with Crippen molar-refractivity contribution in [2.45, 2.75) is 24.5 Å². The van der Waals surface area contributed by atoms with Crippen molar-refractivity contribution in [1.82, 2.24) is 0 Å². The molecular formula is C8H15NO4S. The topological polar surface area (TPSA) is 97.5 Å². The highest BCUT2D eigenvalue weighted by Crippen LogP contribution is 2.40. The normalized spacial score (nSPS) is 33.1. The lowest BCUT2D eigenvalue weighted by Gasteiger charge is -2.21. The van der Waals surface area contributed by atoms with Crippen LogP contribution < -0.4 is 5.73 Å². The highest BCUT2D eigenvalue weighted by atomic mass is 32.2. The van der Waals surface area contributed by atoms with Crippen molar-refractivity contribution in [3.8, 4) is 0 Å². The number of rotatable bonds is 3. The van der Waals surface area contributed by atoms with Gasteiger partial charge in [-0.1, -0.05) is 0 Å². The third-order valence-corrected chi connectivity index (χ3v) is 4.63. The summed E-state index contributed by atoms with van der Waals surface area (Å²) in [6.45, 7) is 0.00829. The van der Waals surface area contributed by atoms with Gasteiger partial charge in [0.25, 0.3) is 0 Å². The molecule has 5 nitrogen and oxygen atoms in total. The van der Waals surface area contributed by atoms with Gasteiger partial charge in [0, 0.05) is 12.8 Å². The van der Waals surface area contributed by atoms with Gasteiger partial charge in [-0.2, -0.15) is 0 Å². The maximum atomic E-state index is 11.2. The largest absolute Gasteiger partial charge is 0.481 e. The third-order valence-electron chi connectivity index (χ3n) is 3.01. The minimum Gasteiger partial charge on any atom is -0.481 e. The molecule has 0 aromatic carbocycles.